The summed E-state index contributed by atoms with van der Waals surface area (Å²) in [5, 5.41) is 0. The SMILES string of the molecule is NC1CC2CCCC(C1)N2c1ccc(Br)cc1. The van der Waals surface area contributed by atoms with Crippen LogP contribution in [-0.4, -0.2) is 18.1 Å². The average Bonchev–Trinajstić information content (AvgIpc) is 2.29. The highest BCUT2D eigenvalue weighted by Crippen LogP contribution is 2.37. The van der Waals surface area contributed by atoms with Gasteiger partial charge in [-0.1, -0.05) is 15.9 Å². The lowest BCUT2D eigenvalue weighted by atomic mass is 9.81. The fourth-order valence-corrected chi connectivity index (χ4v) is 3.72. The molecule has 2 heterocycles. The van der Waals surface area contributed by atoms with Crippen LogP contribution in [0, 0.1) is 0 Å². The van der Waals surface area contributed by atoms with E-state index in [9.17, 15) is 0 Å². The molecule has 2 unspecified atom stereocenters. The van der Waals surface area contributed by atoms with Crippen molar-refractivity contribution in [1.29, 1.82) is 0 Å². The zero-order valence-corrected chi connectivity index (χ0v) is 11.6. The van der Waals surface area contributed by atoms with Gasteiger partial charge in [0, 0.05) is 28.3 Å². The highest BCUT2D eigenvalue weighted by Gasteiger charge is 2.36. The number of halogens is 1. The van der Waals surface area contributed by atoms with E-state index in [0.717, 1.165) is 17.3 Å². The third-order valence-electron chi connectivity index (χ3n) is 4.14. The maximum absolute atomic E-state index is 6.16. The summed E-state index contributed by atoms with van der Waals surface area (Å²) in [4.78, 5) is 2.62. The summed E-state index contributed by atoms with van der Waals surface area (Å²) in [6.45, 7) is 0. The van der Waals surface area contributed by atoms with Crippen molar-refractivity contribution < 1.29 is 0 Å². The van der Waals surface area contributed by atoms with Crippen molar-refractivity contribution in [3.05, 3.63) is 28.7 Å². The highest BCUT2D eigenvalue weighted by molar-refractivity contribution is 9.10. The van der Waals surface area contributed by atoms with E-state index >= 15 is 0 Å². The first-order chi connectivity index (χ1) is 8.24. The number of hydrogen-bond acceptors (Lipinski definition) is 2. The van der Waals surface area contributed by atoms with Gasteiger partial charge in [0.1, 0.15) is 0 Å². The summed E-state index contributed by atoms with van der Waals surface area (Å²) in [6, 6.07) is 10.5. The molecule has 1 aromatic carbocycles. The van der Waals surface area contributed by atoms with Gasteiger partial charge in [0.25, 0.3) is 0 Å². The van der Waals surface area contributed by atoms with Crippen LogP contribution in [0.15, 0.2) is 28.7 Å². The molecule has 2 bridgehead atoms. The molecular weight excluding hydrogens is 276 g/mol. The molecule has 0 aliphatic carbocycles. The van der Waals surface area contributed by atoms with Crippen LogP contribution in [0.3, 0.4) is 0 Å². The predicted octanol–water partition coefficient (Wildman–Crippen LogP) is 3.30. The van der Waals surface area contributed by atoms with E-state index in [1.165, 1.54) is 24.9 Å². The Morgan fingerprint density at radius 1 is 1.06 bits per heavy atom. The summed E-state index contributed by atoms with van der Waals surface area (Å²) in [7, 11) is 0. The number of nitrogens with zero attached hydrogens (tertiary/aromatic N) is 1. The molecule has 92 valence electrons. The standard InChI is InChI=1S/C14H19BrN2/c15-10-4-6-12(7-5-10)17-13-2-1-3-14(17)9-11(16)8-13/h4-7,11,13-14H,1-3,8-9,16H2. The lowest BCUT2D eigenvalue weighted by molar-refractivity contribution is 0.271. The van der Waals surface area contributed by atoms with Crippen molar-refractivity contribution in [2.24, 2.45) is 5.73 Å². The summed E-state index contributed by atoms with van der Waals surface area (Å²) in [5.74, 6) is 0. The van der Waals surface area contributed by atoms with Crippen molar-refractivity contribution >= 4 is 21.6 Å². The van der Waals surface area contributed by atoms with E-state index < -0.39 is 0 Å². The second-order valence-electron chi connectivity index (χ2n) is 5.35. The zero-order valence-electron chi connectivity index (χ0n) is 9.98. The molecule has 0 spiro atoms. The average molecular weight is 295 g/mol. The van der Waals surface area contributed by atoms with Gasteiger partial charge in [-0.2, -0.15) is 0 Å². The molecule has 2 aliphatic heterocycles. The molecule has 0 saturated carbocycles. The van der Waals surface area contributed by atoms with E-state index in [4.69, 9.17) is 5.73 Å². The van der Waals surface area contributed by atoms with Gasteiger partial charge >= 0.3 is 0 Å². The lowest BCUT2D eigenvalue weighted by Gasteiger charge is -2.49. The van der Waals surface area contributed by atoms with Gasteiger partial charge < -0.3 is 10.6 Å². The minimum Gasteiger partial charge on any atom is -0.365 e. The van der Waals surface area contributed by atoms with Crippen LogP contribution in [-0.2, 0) is 0 Å². The van der Waals surface area contributed by atoms with Crippen molar-refractivity contribution in [3.8, 4) is 0 Å². The van der Waals surface area contributed by atoms with Crippen LogP contribution in [0.1, 0.15) is 32.1 Å². The van der Waals surface area contributed by atoms with Crippen LogP contribution < -0.4 is 10.6 Å². The zero-order chi connectivity index (χ0) is 11.8. The summed E-state index contributed by atoms with van der Waals surface area (Å²) >= 11 is 3.50. The quantitative estimate of drug-likeness (QED) is 0.861. The van der Waals surface area contributed by atoms with Crippen LogP contribution >= 0.6 is 15.9 Å². The number of hydrogen-bond donors (Lipinski definition) is 1. The lowest BCUT2D eigenvalue weighted by Crippen LogP contribution is -2.55. The molecule has 2 atom stereocenters. The van der Waals surface area contributed by atoms with Gasteiger partial charge in [0.05, 0.1) is 0 Å². The van der Waals surface area contributed by atoms with E-state index in [-0.39, 0.29) is 0 Å². The molecular formula is C14H19BrN2. The molecule has 0 aromatic heterocycles. The van der Waals surface area contributed by atoms with Gasteiger partial charge in [0.15, 0.2) is 0 Å². The van der Waals surface area contributed by atoms with Crippen molar-refractivity contribution in [3.63, 3.8) is 0 Å². The topological polar surface area (TPSA) is 29.3 Å². The molecule has 1 aromatic rings. The Bertz CT molecular complexity index is 376. The Morgan fingerprint density at radius 2 is 1.65 bits per heavy atom. The van der Waals surface area contributed by atoms with Crippen LogP contribution in [0.4, 0.5) is 5.69 Å². The molecule has 0 amide bonds. The Kier molecular flexibility index (Phi) is 3.14. The van der Waals surface area contributed by atoms with E-state index in [0.29, 0.717) is 18.1 Å². The smallest absolute Gasteiger partial charge is 0.0372 e. The predicted molar refractivity (Wildman–Crippen MR) is 75.3 cm³/mol. The third-order valence-corrected chi connectivity index (χ3v) is 4.66. The molecule has 3 rings (SSSR count). The minimum atomic E-state index is 0.414. The van der Waals surface area contributed by atoms with E-state index in [2.05, 4.69) is 45.1 Å². The molecule has 2 N–H and O–H groups in total. The molecule has 2 nitrogen and oxygen atoms in total. The van der Waals surface area contributed by atoms with Crippen molar-refractivity contribution in [2.75, 3.05) is 4.90 Å². The first-order valence-corrected chi connectivity index (χ1v) is 7.33. The Hall–Kier alpha value is -0.540. The summed E-state index contributed by atoms with van der Waals surface area (Å²) in [6.07, 6.45) is 6.30. The fraction of sp³-hybridized carbons (Fsp3) is 0.571. The molecule has 2 fully saturated rings. The molecule has 0 radical (unpaired) electrons. The summed E-state index contributed by atoms with van der Waals surface area (Å²) < 4.78 is 1.15. The first kappa shape index (κ1) is 11.5. The van der Waals surface area contributed by atoms with Gasteiger partial charge in [-0.15, -0.1) is 0 Å². The summed E-state index contributed by atoms with van der Waals surface area (Å²) in [5.41, 5.74) is 7.53. The van der Waals surface area contributed by atoms with Gasteiger partial charge in [0.2, 0.25) is 0 Å². The van der Waals surface area contributed by atoms with Gasteiger partial charge in [-0.05, 0) is 56.4 Å². The first-order valence-electron chi connectivity index (χ1n) is 6.53. The maximum atomic E-state index is 6.16. The Morgan fingerprint density at radius 3 is 2.24 bits per heavy atom. The number of anilines is 1. The monoisotopic (exact) mass is 294 g/mol. The second kappa shape index (κ2) is 4.62. The second-order valence-corrected chi connectivity index (χ2v) is 6.27. The molecule has 17 heavy (non-hydrogen) atoms. The normalized spacial score (nSPS) is 32.6. The number of nitrogens with two attached hydrogens (primary N) is 1. The molecule has 3 heteroatoms. The number of piperidine rings is 2. The van der Waals surface area contributed by atoms with Gasteiger partial charge in [-0.25, -0.2) is 0 Å². The number of rotatable bonds is 1. The third kappa shape index (κ3) is 2.23. The Balaban J connectivity index is 1.89. The molecule has 2 saturated heterocycles. The highest BCUT2D eigenvalue weighted by atomic mass is 79.9. The van der Waals surface area contributed by atoms with Crippen molar-refractivity contribution in [2.45, 2.75) is 50.2 Å². The largest absolute Gasteiger partial charge is 0.365 e. The van der Waals surface area contributed by atoms with Crippen LogP contribution in [0.2, 0.25) is 0 Å². The van der Waals surface area contributed by atoms with E-state index in [1.54, 1.807) is 0 Å². The number of benzene rings is 1. The van der Waals surface area contributed by atoms with Crippen LogP contribution in [0.5, 0.6) is 0 Å². The minimum absolute atomic E-state index is 0.414. The van der Waals surface area contributed by atoms with E-state index in [1.807, 2.05) is 0 Å². The maximum Gasteiger partial charge on any atom is 0.0372 e. The van der Waals surface area contributed by atoms with Crippen molar-refractivity contribution in [1.82, 2.24) is 0 Å². The van der Waals surface area contributed by atoms with Crippen LogP contribution in [0.25, 0.3) is 0 Å². The van der Waals surface area contributed by atoms with Gasteiger partial charge in [-0.3, -0.25) is 0 Å². The molecule has 2 aliphatic rings. The fourth-order valence-electron chi connectivity index (χ4n) is 3.46. The Labute approximate surface area is 111 Å². The number of fused-ring (bicyclic) bond motifs is 2.